The lowest BCUT2D eigenvalue weighted by Gasteiger charge is -2.14. The minimum absolute atomic E-state index is 0.0341. The SMILES string of the molecule is Cc1ccc(-n2c(SCc3cccc(Cl)c3)nc3c(c2=O)SC(C)C3)cc1. The molecule has 0 fully saturated rings. The van der Waals surface area contributed by atoms with Gasteiger partial charge in [-0.3, -0.25) is 9.36 Å². The summed E-state index contributed by atoms with van der Waals surface area (Å²) in [4.78, 5) is 18.9. The number of benzene rings is 2. The van der Waals surface area contributed by atoms with Gasteiger partial charge in [-0.25, -0.2) is 4.98 Å². The number of fused-ring (bicyclic) bond motifs is 1. The molecule has 3 aromatic rings. The predicted octanol–water partition coefficient (Wildman–Crippen LogP) is 5.52. The van der Waals surface area contributed by atoms with Gasteiger partial charge < -0.3 is 0 Å². The van der Waals surface area contributed by atoms with Gasteiger partial charge in [0.25, 0.3) is 5.56 Å². The minimum atomic E-state index is 0.0341. The molecule has 0 saturated carbocycles. The van der Waals surface area contributed by atoms with Crippen LogP contribution in [-0.2, 0) is 12.2 Å². The number of halogens is 1. The summed E-state index contributed by atoms with van der Waals surface area (Å²) in [7, 11) is 0. The summed E-state index contributed by atoms with van der Waals surface area (Å²) in [6.45, 7) is 4.18. The first-order valence-electron chi connectivity index (χ1n) is 8.78. The van der Waals surface area contributed by atoms with Crippen LogP contribution in [0.5, 0.6) is 0 Å². The topological polar surface area (TPSA) is 34.9 Å². The van der Waals surface area contributed by atoms with E-state index in [1.807, 2.05) is 55.5 Å². The molecular formula is C21H19ClN2OS2. The smallest absolute Gasteiger partial charge is 0.268 e. The Morgan fingerprint density at radius 1 is 1.26 bits per heavy atom. The zero-order valence-corrected chi connectivity index (χ0v) is 17.5. The van der Waals surface area contributed by atoms with Crippen LogP contribution in [-0.4, -0.2) is 14.8 Å². The van der Waals surface area contributed by atoms with Crippen LogP contribution in [0.15, 0.2) is 63.4 Å². The fourth-order valence-corrected chi connectivity index (χ4v) is 5.37. The molecule has 2 heterocycles. The fourth-order valence-electron chi connectivity index (χ4n) is 3.09. The summed E-state index contributed by atoms with van der Waals surface area (Å²) >= 11 is 9.31. The summed E-state index contributed by atoms with van der Waals surface area (Å²) < 4.78 is 1.75. The van der Waals surface area contributed by atoms with Crippen molar-refractivity contribution in [1.82, 2.24) is 9.55 Å². The van der Waals surface area contributed by atoms with Gasteiger partial charge in [0.1, 0.15) is 0 Å². The van der Waals surface area contributed by atoms with Crippen molar-refractivity contribution in [1.29, 1.82) is 0 Å². The van der Waals surface area contributed by atoms with Crippen molar-refractivity contribution in [3.8, 4) is 5.69 Å². The van der Waals surface area contributed by atoms with Gasteiger partial charge in [-0.05, 0) is 36.8 Å². The summed E-state index contributed by atoms with van der Waals surface area (Å²) in [5.74, 6) is 0.709. The van der Waals surface area contributed by atoms with Crippen molar-refractivity contribution in [2.45, 2.75) is 41.3 Å². The van der Waals surface area contributed by atoms with Crippen LogP contribution in [0.4, 0.5) is 0 Å². The molecule has 1 unspecified atom stereocenters. The van der Waals surface area contributed by atoms with E-state index < -0.39 is 0 Å². The minimum Gasteiger partial charge on any atom is -0.268 e. The lowest BCUT2D eigenvalue weighted by molar-refractivity contribution is 0.731. The first kappa shape index (κ1) is 18.7. The molecule has 1 aliphatic rings. The van der Waals surface area contributed by atoms with Crippen LogP contribution in [0.1, 0.15) is 23.7 Å². The van der Waals surface area contributed by atoms with E-state index in [1.54, 1.807) is 28.1 Å². The zero-order chi connectivity index (χ0) is 19.0. The molecule has 0 radical (unpaired) electrons. The van der Waals surface area contributed by atoms with E-state index in [-0.39, 0.29) is 5.56 Å². The van der Waals surface area contributed by atoms with E-state index in [1.165, 1.54) is 0 Å². The lowest BCUT2D eigenvalue weighted by Crippen LogP contribution is -2.23. The highest BCUT2D eigenvalue weighted by Crippen LogP contribution is 2.35. The van der Waals surface area contributed by atoms with E-state index in [4.69, 9.17) is 16.6 Å². The highest BCUT2D eigenvalue weighted by Gasteiger charge is 2.26. The molecule has 1 aromatic heterocycles. The molecule has 1 atom stereocenters. The van der Waals surface area contributed by atoms with Gasteiger partial charge in [0.05, 0.1) is 16.3 Å². The summed E-state index contributed by atoms with van der Waals surface area (Å²) in [6.07, 6.45) is 0.842. The fraction of sp³-hybridized carbons (Fsp3) is 0.238. The Balaban J connectivity index is 1.77. The van der Waals surface area contributed by atoms with Gasteiger partial charge in [-0.2, -0.15) is 0 Å². The molecule has 27 heavy (non-hydrogen) atoms. The third-order valence-corrected chi connectivity index (χ3v) is 6.89. The molecular weight excluding hydrogens is 396 g/mol. The van der Waals surface area contributed by atoms with Gasteiger partial charge in [-0.1, -0.05) is 60.1 Å². The second-order valence-electron chi connectivity index (χ2n) is 6.70. The van der Waals surface area contributed by atoms with Crippen LogP contribution in [0.2, 0.25) is 5.02 Å². The van der Waals surface area contributed by atoms with Crippen LogP contribution in [0.25, 0.3) is 5.69 Å². The second-order valence-corrected chi connectivity index (χ2v) is 9.53. The van der Waals surface area contributed by atoms with E-state index in [0.717, 1.165) is 44.0 Å². The Morgan fingerprint density at radius 2 is 2.04 bits per heavy atom. The number of nitrogens with zero attached hydrogens (tertiary/aromatic N) is 2. The maximum atomic E-state index is 13.2. The van der Waals surface area contributed by atoms with Crippen molar-refractivity contribution in [2.75, 3.05) is 0 Å². The van der Waals surface area contributed by atoms with Crippen molar-refractivity contribution >= 4 is 35.1 Å². The molecule has 3 nitrogen and oxygen atoms in total. The molecule has 0 aliphatic carbocycles. The lowest BCUT2D eigenvalue weighted by atomic mass is 10.2. The Bertz CT molecular complexity index is 1050. The molecule has 0 N–H and O–H groups in total. The highest BCUT2D eigenvalue weighted by molar-refractivity contribution is 8.00. The average molecular weight is 415 g/mol. The number of rotatable bonds is 4. The van der Waals surface area contributed by atoms with Crippen LogP contribution >= 0.6 is 35.1 Å². The maximum Gasteiger partial charge on any atom is 0.272 e. The van der Waals surface area contributed by atoms with Crippen molar-refractivity contribution in [2.24, 2.45) is 0 Å². The molecule has 6 heteroatoms. The Labute approximate surface area is 172 Å². The van der Waals surface area contributed by atoms with Crippen LogP contribution in [0.3, 0.4) is 0 Å². The number of aromatic nitrogens is 2. The van der Waals surface area contributed by atoms with Crippen molar-refractivity contribution < 1.29 is 0 Å². The Morgan fingerprint density at radius 3 is 2.78 bits per heavy atom. The average Bonchev–Trinajstić information content (AvgIpc) is 3.02. The summed E-state index contributed by atoms with van der Waals surface area (Å²) in [5.41, 5.74) is 4.09. The second kappa shape index (κ2) is 7.74. The molecule has 1 aliphatic heterocycles. The first-order valence-corrected chi connectivity index (χ1v) is 11.0. The van der Waals surface area contributed by atoms with Gasteiger partial charge >= 0.3 is 0 Å². The van der Waals surface area contributed by atoms with E-state index >= 15 is 0 Å². The van der Waals surface area contributed by atoms with Crippen LogP contribution < -0.4 is 5.56 Å². The summed E-state index contributed by atoms with van der Waals surface area (Å²) in [5, 5.41) is 1.84. The largest absolute Gasteiger partial charge is 0.272 e. The summed E-state index contributed by atoms with van der Waals surface area (Å²) in [6, 6.07) is 15.8. The predicted molar refractivity (Wildman–Crippen MR) is 115 cm³/mol. The zero-order valence-electron chi connectivity index (χ0n) is 15.1. The number of thioether (sulfide) groups is 2. The van der Waals surface area contributed by atoms with Crippen molar-refractivity contribution in [3.63, 3.8) is 0 Å². The standard InChI is InChI=1S/C21H19ClN2OS2/c1-13-6-8-17(9-7-13)24-20(25)19-18(10-14(2)27-19)23-21(24)26-12-15-4-3-5-16(22)11-15/h3-9,11,14H,10,12H2,1-2H3. The Kier molecular flexibility index (Phi) is 5.35. The molecule has 0 spiro atoms. The molecule has 4 rings (SSSR count). The third-order valence-electron chi connectivity index (χ3n) is 4.43. The number of hydrogen-bond donors (Lipinski definition) is 0. The molecule has 0 amide bonds. The molecule has 2 aromatic carbocycles. The monoisotopic (exact) mass is 414 g/mol. The van der Waals surface area contributed by atoms with Gasteiger partial charge in [0.15, 0.2) is 5.16 Å². The molecule has 138 valence electrons. The van der Waals surface area contributed by atoms with E-state index in [2.05, 4.69) is 6.92 Å². The number of hydrogen-bond acceptors (Lipinski definition) is 4. The van der Waals surface area contributed by atoms with Gasteiger partial charge in [0.2, 0.25) is 0 Å². The normalized spacial score (nSPS) is 15.7. The highest BCUT2D eigenvalue weighted by atomic mass is 35.5. The van der Waals surface area contributed by atoms with Gasteiger partial charge in [0, 0.05) is 22.4 Å². The van der Waals surface area contributed by atoms with Crippen molar-refractivity contribution in [3.05, 3.63) is 80.7 Å². The molecule has 0 bridgehead atoms. The molecule has 0 saturated heterocycles. The number of aryl methyl sites for hydroxylation is 1. The third kappa shape index (κ3) is 3.96. The quantitative estimate of drug-likeness (QED) is 0.415. The van der Waals surface area contributed by atoms with Gasteiger partial charge in [-0.15, -0.1) is 11.8 Å². The maximum absolute atomic E-state index is 13.2. The Hall–Kier alpha value is -1.69. The van der Waals surface area contributed by atoms with E-state index in [9.17, 15) is 4.79 Å². The first-order chi connectivity index (χ1) is 13.0. The van der Waals surface area contributed by atoms with E-state index in [0.29, 0.717) is 11.0 Å². The van der Waals surface area contributed by atoms with Crippen LogP contribution in [0, 0.1) is 6.92 Å².